The van der Waals surface area contributed by atoms with Gasteiger partial charge in [-0.25, -0.2) is 0 Å². The van der Waals surface area contributed by atoms with Crippen molar-refractivity contribution in [1.82, 2.24) is 0 Å². The Balaban J connectivity index is 1.64. The number of benzene rings is 1. The summed E-state index contributed by atoms with van der Waals surface area (Å²) in [4.78, 5) is 9.46. The highest BCUT2D eigenvalue weighted by Crippen LogP contribution is 2.37. The zero-order chi connectivity index (χ0) is 28.4. The molecule has 0 amide bonds. The molecule has 0 saturated heterocycles. The number of aliphatic imine (C=N–C) groups is 2. The molecule has 0 fully saturated rings. The molecule has 2 atom stereocenters. The predicted molar refractivity (Wildman–Crippen MR) is 180 cm³/mol. The van der Waals surface area contributed by atoms with Crippen molar-refractivity contribution in [1.29, 1.82) is 0 Å². The summed E-state index contributed by atoms with van der Waals surface area (Å²) >= 11 is 0. The Labute approximate surface area is 250 Å². The van der Waals surface area contributed by atoms with E-state index in [1.807, 2.05) is 12.4 Å². The molecule has 1 aliphatic heterocycles. The van der Waals surface area contributed by atoms with E-state index in [4.69, 9.17) is 9.98 Å². The quantitative estimate of drug-likeness (QED) is 0.0733. The van der Waals surface area contributed by atoms with Crippen LogP contribution in [0, 0.1) is 18.0 Å². The Morgan fingerprint density at radius 2 is 0.900 bits per heavy atom. The van der Waals surface area contributed by atoms with Crippen molar-refractivity contribution in [2.24, 2.45) is 21.8 Å². The lowest BCUT2D eigenvalue weighted by molar-refractivity contribution is 0.284. The summed E-state index contributed by atoms with van der Waals surface area (Å²) in [6, 6.07) is 11.2. The largest absolute Gasteiger partial charge is 0.244 e. The van der Waals surface area contributed by atoms with Gasteiger partial charge in [-0.15, -0.1) is 0 Å². The van der Waals surface area contributed by atoms with Crippen LogP contribution in [0.3, 0.4) is 0 Å². The minimum absolute atomic E-state index is 0.498. The lowest BCUT2D eigenvalue weighted by Gasteiger charge is -2.26. The van der Waals surface area contributed by atoms with Crippen LogP contribution < -0.4 is 0 Å². The first-order chi connectivity index (χ1) is 19.8. The molecule has 1 aliphatic rings. The van der Waals surface area contributed by atoms with Crippen LogP contribution in [0.5, 0.6) is 0 Å². The summed E-state index contributed by atoms with van der Waals surface area (Å²) < 4.78 is 0. The fourth-order valence-electron chi connectivity index (χ4n) is 6.48. The molecular weight excluding hydrogens is 484 g/mol. The maximum atomic E-state index is 4.73. The highest BCUT2D eigenvalue weighted by Gasteiger charge is 2.35. The lowest BCUT2D eigenvalue weighted by atomic mass is 9.78. The summed E-state index contributed by atoms with van der Waals surface area (Å²) in [5.74, 6) is 1.14. The van der Waals surface area contributed by atoms with Crippen molar-refractivity contribution < 1.29 is 0 Å². The van der Waals surface area contributed by atoms with Gasteiger partial charge >= 0.3 is 0 Å². The summed E-state index contributed by atoms with van der Waals surface area (Å²) in [5, 5.41) is 0. The molecule has 0 spiro atoms. The highest BCUT2D eigenvalue weighted by atomic mass is 15.0. The Morgan fingerprint density at radius 1 is 0.500 bits per heavy atom. The average molecular weight is 550 g/mol. The molecule has 1 aromatic carbocycles. The van der Waals surface area contributed by atoms with Crippen molar-refractivity contribution >= 4 is 12.4 Å². The first-order valence-corrected chi connectivity index (χ1v) is 17.8. The van der Waals surface area contributed by atoms with Gasteiger partial charge in [0.05, 0.1) is 5.92 Å². The Morgan fingerprint density at radius 3 is 1.35 bits per heavy atom. The third kappa shape index (κ3) is 17.3. The zero-order valence-corrected chi connectivity index (χ0v) is 26.8. The molecule has 1 aromatic rings. The first-order valence-electron chi connectivity index (χ1n) is 17.8. The molecule has 0 N–H and O–H groups in total. The van der Waals surface area contributed by atoms with E-state index in [1.54, 1.807) is 0 Å². The SMILES string of the molecule is CCCCCCCCCCCCCCCCCCC([C+]1N=CC=N1)C(CCCCCCCC)Cc1ccccc1. The van der Waals surface area contributed by atoms with Crippen molar-refractivity contribution in [2.75, 3.05) is 0 Å². The van der Waals surface area contributed by atoms with E-state index in [2.05, 4.69) is 44.2 Å². The zero-order valence-electron chi connectivity index (χ0n) is 26.8. The van der Waals surface area contributed by atoms with E-state index < -0.39 is 0 Å². The van der Waals surface area contributed by atoms with Crippen LogP contribution in [0.1, 0.15) is 174 Å². The molecule has 2 unspecified atom stereocenters. The Hall–Kier alpha value is -1.57. The van der Waals surface area contributed by atoms with E-state index in [-0.39, 0.29) is 0 Å². The van der Waals surface area contributed by atoms with Crippen LogP contribution in [-0.2, 0) is 6.42 Å². The van der Waals surface area contributed by atoms with E-state index >= 15 is 0 Å². The average Bonchev–Trinajstić information content (AvgIpc) is 3.51. The predicted octanol–water partition coefficient (Wildman–Crippen LogP) is 12.5. The summed E-state index contributed by atoms with van der Waals surface area (Å²) in [5.41, 5.74) is 1.47. The summed E-state index contributed by atoms with van der Waals surface area (Å²) in [6.45, 7) is 4.61. The van der Waals surface area contributed by atoms with Gasteiger partial charge in [0.25, 0.3) is 0 Å². The molecule has 2 rings (SSSR count). The Bertz CT molecular complexity index is 712. The number of rotatable bonds is 28. The van der Waals surface area contributed by atoms with Crippen LogP contribution in [0.15, 0.2) is 40.3 Å². The van der Waals surface area contributed by atoms with Crippen LogP contribution in [0.2, 0.25) is 0 Å². The van der Waals surface area contributed by atoms with Gasteiger partial charge in [0.2, 0.25) is 6.17 Å². The maximum absolute atomic E-state index is 4.73. The Kier molecular flexibility index (Phi) is 21.8. The number of nitrogens with zero attached hydrogens (tertiary/aromatic N) is 2. The first kappa shape index (κ1) is 34.6. The second-order valence-corrected chi connectivity index (χ2v) is 12.6. The van der Waals surface area contributed by atoms with E-state index in [0.29, 0.717) is 11.8 Å². The number of unbranched alkanes of at least 4 members (excludes halogenated alkanes) is 20. The second kappa shape index (κ2) is 25.2. The monoisotopic (exact) mass is 550 g/mol. The summed E-state index contributed by atoms with van der Waals surface area (Å²) in [7, 11) is 0. The molecule has 0 saturated carbocycles. The van der Waals surface area contributed by atoms with Crippen molar-refractivity contribution in [3.63, 3.8) is 0 Å². The standard InChI is InChI=1S/C38H65N2/c1-3-5-7-9-11-12-13-14-15-16-17-18-19-20-22-27-31-37(38-39-32-33-40-38)36(30-26-21-10-8-6-4-2)34-35-28-24-23-25-29-35/h23-25,28-29,32-33,36-37H,3-22,26-27,30-31,34H2,1-2H3/q+1. The normalized spacial score (nSPS) is 14.3. The topological polar surface area (TPSA) is 24.7 Å². The molecule has 2 heteroatoms. The van der Waals surface area contributed by atoms with Gasteiger partial charge in [-0.2, -0.15) is 0 Å². The van der Waals surface area contributed by atoms with Gasteiger partial charge in [0, 0.05) is 0 Å². The molecular formula is C38H65N2+. The number of hydrogen-bond donors (Lipinski definition) is 0. The molecule has 0 radical (unpaired) electrons. The number of hydrogen-bond acceptors (Lipinski definition) is 2. The third-order valence-corrected chi connectivity index (χ3v) is 9.02. The van der Waals surface area contributed by atoms with Gasteiger partial charge in [-0.3, -0.25) is 0 Å². The van der Waals surface area contributed by atoms with Crippen molar-refractivity contribution in [3.8, 4) is 0 Å². The fourth-order valence-corrected chi connectivity index (χ4v) is 6.48. The van der Waals surface area contributed by atoms with E-state index in [0.717, 1.165) is 12.6 Å². The fraction of sp³-hybridized carbons (Fsp3) is 0.763. The highest BCUT2D eigenvalue weighted by molar-refractivity contribution is 6.18. The molecule has 2 nitrogen and oxygen atoms in total. The summed E-state index contributed by atoms with van der Waals surface area (Å²) in [6.07, 6.45) is 39.7. The van der Waals surface area contributed by atoms with Gasteiger partial charge in [0.1, 0.15) is 0 Å². The minimum Gasteiger partial charge on any atom is -0.0965 e. The third-order valence-electron chi connectivity index (χ3n) is 9.02. The van der Waals surface area contributed by atoms with Crippen LogP contribution in [0.4, 0.5) is 0 Å². The minimum atomic E-state index is 0.498. The van der Waals surface area contributed by atoms with Gasteiger partial charge in [0.15, 0.2) is 12.4 Å². The van der Waals surface area contributed by atoms with Gasteiger partial charge in [-0.1, -0.05) is 195 Å². The maximum Gasteiger partial charge on any atom is 0.244 e. The smallest absolute Gasteiger partial charge is 0.0965 e. The molecule has 226 valence electrons. The molecule has 0 bridgehead atoms. The molecule has 1 heterocycles. The molecule has 0 aromatic heterocycles. The van der Waals surface area contributed by atoms with Crippen LogP contribution in [-0.4, -0.2) is 12.4 Å². The van der Waals surface area contributed by atoms with Gasteiger partial charge in [-0.05, 0) is 30.7 Å². The molecule has 40 heavy (non-hydrogen) atoms. The van der Waals surface area contributed by atoms with E-state index in [9.17, 15) is 0 Å². The van der Waals surface area contributed by atoms with Crippen LogP contribution >= 0.6 is 0 Å². The molecule has 0 aliphatic carbocycles. The lowest BCUT2D eigenvalue weighted by Crippen LogP contribution is -2.22. The van der Waals surface area contributed by atoms with Crippen molar-refractivity contribution in [3.05, 3.63) is 42.1 Å². The van der Waals surface area contributed by atoms with Crippen LogP contribution in [0.25, 0.3) is 0 Å². The van der Waals surface area contributed by atoms with E-state index in [1.165, 1.54) is 160 Å². The van der Waals surface area contributed by atoms with Crippen molar-refractivity contribution in [2.45, 2.75) is 174 Å². The van der Waals surface area contributed by atoms with Gasteiger partial charge < -0.3 is 0 Å². The second-order valence-electron chi connectivity index (χ2n) is 12.6.